The van der Waals surface area contributed by atoms with Gasteiger partial charge in [-0.25, -0.2) is 4.98 Å². The predicted molar refractivity (Wildman–Crippen MR) is 100 cm³/mol. The maximum atomic E-state index is 4.70. The number of aryl methyl sites for hydroxylation is 1. The van der Waals surface area contributed by atoms with Crippen LogP contribution in [0.15, 0.2) is 24.7 Å². The quantitative estimate of drug-likeness (QED) is 0.689. The first kappa shape index (κ1) is 17.0. The molecule has 0 spiro atoms. The first-order valence-corrected chi connectivity index (χ1v) is 9.19. The minimum atomic E-state index is 0.419. The van der Waals surface area contributed by atoms with Crippen LogP contribution in [-0.2, 0) is 13.5 Å². The second kappa shape index (κ2) is 7.03. The van der Waals surface area contributed by atoms with Gasteiger partial charge in [-0.1, -0.05) is 0 Å². The van der Waals surface area contributed by atoms with Gasteiger partial charge in [0.05, 0.1) is 6.33 Å². The van der Waals surface area contributed by atoms with Crippen LogP contribution < -0.4 is 4.90 Å². The summed E-state index contributed by atoms with van der Waals surface area (Å²) in [7, 11) is 6.05. The summed E-state index contributed by atoms with van der Waals surface area (Å²) in [4.78, 5) is 8.73. The average molecular weight is 354 g/mol. The van der Waals surface area contributed by atoms with E-state index in [2.05, 4.69) is 31.7 Å². The highest BCUT2D eigenvalue weighted by Crippen LogP contribution is 2.27. The number of fused-ring (bicyclic) bond motifs is 1. The molecular weight excluding hydrogens is 328 g/mol. The number of likely N-dealkylation sites (tertiary alicyclic amines) is 1. The van der Waals surface area contributed by atoms with E-state index < -0.39 is 0 Å². The van der Waals surface area contributed by atoms with Crippen molar-refractivity contribution in [3.05, 3.63) is 36.2 Å². The molecule has 8 nitrogen and oxygen atoms in total. The molecule has 1 aliphatic rings. The molecule has 1 saturated heterocycles. The van der Waals surface area contributed by atoms with Crippen LogP contribution in [0.25, 0.3) is 5.65 Å². The summed E-state index contributed by atoms with van der Waals surface area (Å²) in [5.74, 6) is 2.34. The van der Waals surface area contributed by atoms with Crippen LogP contribution in [0.3, 0.4) is 0 Å². The molecule has 0 radical (unpaired) electrons. The minimum absolute atomic E-state index is 0.419. The second-order valence-corrected chi connectivity index (χ2v) is 7.28. The van der Waals surface area contributed by atoms with Gasteiger partial charge in [0.25, 0.3) is 0 Å². The second-order valence-electron chi connectivity index (χ2n) is 7.28. The number of nitrogens with zero attached hydrogens (tertiary/aromatic N) is 8. The molecule has 3 aromatic rings. The lowest BCUT2D eigenvalue weighted by Crippen LogP contribution is -2.35. The van der Waals surface area contributed by atoms with Crippen molar-refractivity contribution in [3.63, 3.8) is 0 Å². The number of rotatable bonds is 5. The van der Waals surface area contributed by atoms with E-state index in [9.17, 15) is 0 Å². The minimum Gasteiger partial charge on any atom is -0.361 e. The van der Waals surface area contributed by atoms with Gasteiger partial charge in [-0.2, -0.15) is 4.52 Å². The SMILES string of the molecule is CN(C)c1ccc2nnc(C3CCN(CCc4cncn4C)CC3)n2n1. The summed E-state index contributed by atoms with van der Waals surface area (Å²) >= 11 is 0. The topological polar surface area (TPSA) is 67.4 Å². The van der Waals surface area contributed by atoms with Crippen molar-refractivity contribution in [2.75, 3.05) is 38.6 Å². The Morgan fingerprint density at radius 3 is 2.65 bits per heavy atom. The van der Waals surface area contributed by atoms with Gasteiger partial charge in [0.15, 0.2) is 11.5 Å². The molecular formula is C18H26N8. The molecule has 0 aliphatic carbocycles. The van der Waals surface area contributed by atoms with Crippen LogP contribution in [0.1, 0.15) is 30.3 Å². The number of hydrogen-bond acceptors (Lipinski definition) is 6. The number of aromatic nitrogens is 6. The van der Waals surface area contributed by atoms with Crippen molar-refractivity contribution >= 4 is 11.5 Å². The zero-order valence-corrected chi connectivity index (χ0v) is 15.7. The number of anilines is 1. The molecule has 0 unspecified atom stereocenters. The van der Waals surface area contributed by atoms with Crippen molar-refractivity contribution in [1.82, 2.24) is 34.3 Å². The Labute approximate surface area is 153 Å². The Morgan fingerprint density at radius 1 is 1.15 bits per heavy atom. The zero-order valence-electron chi connectivity index (χ0n) is 15.7. The molecule has 0 N–H and O–H groups in total. The molecule has 0 amide bonds. The lowest BCUT2D eigenvalue weighted by Gasteiger charge is -2.31. The third-order valence-electron chi connectivity index (χ3n) is 5.28. The summed E-state index contributed by atoms with van der Waals surface area (Å²) in [6, 6.07) is 3.97. The van der Waals surface area contributed by atoms with Crippen molar-refractivity contribution < 1.29 is 0 Å². The molecule has 8 heteroatoms. The molecule has 1 aliphatic heterocycles. The maximum absolute atomic E-state index is 4.70. The normalized spacial score (nSPS) is 16.4. The fourth-order valence-corrected chi connectivity index (χ4v) is 3.60. The fraction of sp³-hybridized carbons (Fsp3) is 0.556. The highest BCUT2D eigenvalue weighted by atomic mass is 15.4. The van der Waals surface area contributed by atoms with E-state index in [0.29, 0.717) is 5.92 Å². The molecule has 0 saturated carbocycles. The smallest absolute Gasteiger partial charge is 0.178 e. The van der Waals surface area contributed by atoms with Crippen LogP contribution in [0, 0.1) is 0 Å². The molecule has 3 aromatic heterocycles. The van der Waals surface area contributed by atoms with Crippen LogP contribution in [0.2, 0.25) is 0 Å². The summed E-state index contributed by atoms with van der Waals surface area (Å²) in [6.07, 6.45) is 7.07. The van der Waals surface area contributed by atoms with E-state index in [1.165, 1.54) is 5.69 Å². The van der Waals surface area contributed by atoms with Crippen molar-refractivity contribution in [2.24, 2.45) is 7.05 Å². The first-order chi connectivity index (χ1) is 12.6. The third kappa shape index (κ3) is 3.29. The first-order valence-electron chi connectivity index (χ1n) is 9.19. The van der Waals surface area contributed by atoms with E-state index in [-0.39, 0.29) is 0 Å². The molecule has 4 rings (SSSR count). The monoisotopic (exact) mass is 354 g/mol. The predicted octanol–water partition coefficient (Wildman–Crippen LogP) is 1.35. The maximum Gasteiger partial charge on any atom is 0.178 e. The van der Waals surface area contributed by atoms with Gasteiger partial charge in [0, 0.05) is 51.9 Å². The van der Waals surface area contributed by atoms with E-state index in [4.69, 9.17) is 5.10 Å². The van der Waals surface area contributed by atoms with Crippen molar-refractivity contribution in [2.45, 2.75) is 25.2 Å². The number of piperidine rings is 1. The van der Waals surface area contributed by atoms with Gasteiger partial charge in [0.2, 0.25) is 0 Å². The number of hydrogen-bond donors (Lipinski definition) is 0. The van der Waals surface area contributed by atoms with E-state index in [1.807, 2.05) is 48.2 Å². The van der Waals surface area contributed by atoms with E-state index in [0.717, 1.165) is 56.2 Å². The van der Waals surface area contributed by atoms with E-state index >= 15 is 0 Å². The van der Waals surface area contributed by atoms with Crippen LogP contribution in [0.5, 0.6) is 0 Å². The van der Waals surface area contributed by atoms with Crippen LogP contribution >= 0.6 is 0 Å². The molecule has 0 bridgehead atoms. The van der Waals surface area contributed by atoms with Crippen LogP contribution in [-0.4, -0.2) is 68.0 Å². The lowest BCUT2D eigenvalue weighted by atomic mass is 9.96. The Balaban J connectivity index is 1.41. The largest absolute Gasteiger partial charge is 0.361 e. The van der Waals surface area contributed by atoms with E-state index in [1.54, 1.807) is 0 Å². The van der Waals surface area contributed by atoms with Gasteiger partial charge in [-0.3, -0.25) is 0 Å². The molecule has 138 valence electrons. The molecule has 4 heterocycles. The fourth-order valence-electron chi connectivity index (χ4n) is 3.60. The third-order valence-corrected chi connectivity index (χ3v) is 5.28. The van der Waals surface area contributed by atoms with Gasteiger partial charge in [-0.15, -0.1) is 15.3 Å². The summed E-state index contributed by atoms with van der Waals surface area (Å²) in [5.41, 5.74) is 2.11. The van der Waals surface area contributed by atoms with Crippen molar-refractivity contribution in [3.8, 4) is 0 Å². The van der Waals surface area contributed by atoms with Gasteiger partial charge in [-0.05, 0) is 38.1 Å². The zero-order chi connectivity index (χ0) is 18.1. The van der Waals surface area contributed by atoms with Crippen LogP contribution in [0.4, 0.5) is 5.82 Å². The Hall–Kier alpha value is -2.48. The number of imidazole rings is 1. The summed E-state index contributed by atoms with van der Waals surface area (Å²) < 4.78 is 4.02. The lowest BCUT2D eigenvalue weighted by molar-refractivity contribution is 0.209. The molecule has 26 heavy (non-hydrogen) atoms. The Morgan fingerprint density at radius 2 is 1.96 bits per heavy atom. The highest BCUT2D eigenvalue weighted by Gasteiger charge is 2.25. The molecule has 0 atom stereocenters. The Kier molecular flexibility index (Phi) is 4.58. The van der Waals surface area contributed by atoms with Gasteiger partial charge >= 0.3 is 0 Å². The molecule has 0 aromatic carbocycles. The summed E-state index contributed by atoms with van der Waals surface area (Å²) in [5, 5.41) is 13.4. The highest BCUT2D eigenvalue weighted by molar-refractivity contribution is 5.45. The summed E-state index contributed by atoms with van der Waals surface area (Å²) in [6.45, 7) is 3.26. The standard InChI is InChI=1S/C18H26N8/c1-23(2)17-5-4-16-20-21-18(26(16)22-17)14-6-9-25(10-7-14)11-8-15-12-19-13-24(15)3/h4-5,12-14H,6-11H2,1-3H3. The van der Waals surface area contributed by atoms with Crippen molar-refractivity contribution in [1.29, 1.82) is 0 Å². The van der Waals surface area contributed by atoms with Gasteiger partial charge < -0.3 is 14.4 Å². The average Bonchev–Trinajstić information content (AvgIpc) is 3.26. The molecule has 1 fully saturated rings. The Bertz CT molecular complexity index is 872. The van der Waals surface area contributed by atoms with Gasteiger partial charge in [0.1, 0.15) is 5.82 Å².